The van der Waals surface area contributed by atoms with Gasteiger partial charge in [0.2, 0.25) is 0 Å². The van der Waals surface area contributed by atoms with E-state index in [9.17, 15) is 0 Å². The fraction of sp³-hybridized carbons (Fsp3) is 0.538. The molecule has 3 N–H and O–H groups in total. The van der Waals surface area contributed by atoms with Gasteiger partial charge in [0, 0.05) is 23.3 Å². The van der Waals surface area contributed by atoms with Crippen LogP contribution >= 0.6 is 15.9 Å². The average Bonchev–Trinajstić information content (AvgIpc) is 2.35. The highest BCUT2D eigenvalue weighted by molar-refractivity contribution is 9.10. The molecular weight excluding hydrogens is 280 g/mol. The van der Waals surface area contributed by atoms with Crippen molar-refractivity contribution >= 4 is 21.6 Å². The van der Waals surface area contributed by atoms with Crippen LogP contribution in [0.5, 0.6) is 0 Å². The van der Waals surface area contributed by atoms with Crippen LogP contribution in [0.15, 0.2) is 22.7 Å². The van der Waals surface area contributed by atoms with Crippen LogP contribution in [0.3, 0.4) is 0 Å². The second-order valence-corrected chi connectivity index (χ2v) is 5.61. The average molecular weight is 299 g/mol. The van der Waals surface area contributed by atoms with Crippen molar-refractivity contribution < 1.29 is 5.11 Å². The molecule has 1 saturated heterocycles. The van der Waals surface area contributed by atoms with Crippen LogP contribution in [-0.2, 0) is 6.54 Å². The molecular formula is C13H19BrN2O. The third-order valence-corrected chi connectivity index (χ3v) is 4.15. The van der Waals surface area contributed by atoms with Gasteiger partial charge in [-0.2, -0.15) is 0 Å². The maximum atomic E-state index is 9.09. The first-order valence-corrected chi connectivity index (χ1v) is 6.85. The Kier molecular flexibility index (Phi) is 4.42. The van der Waals surface area contributed by atoms with Crippen LogP contribution in [0.2, 0.25) is 0 Å². The van der Waals surface area contributed by atoms with E-state index in [0.29, 0.717) is 12.5 Å². The topological polar surface area (TPSA) is 49.5 Å². The molecule has 94 valence electrons. The lowest BCUT2D eigenvalue weighted by Gasteiger charge is -2.31. The quantitative estimate of drug-likeness (QED) is 0.842. The first-order valence-electron chi connectivity index (χ1n) is 6.06. The number of aliphatic hydroxyl groups is 1. The van der Waals surface area contributed by atoms with E-state index < -0.39 is 0 Å². The number of piperidine rings is 1. The first-order chi connectivity index (χ1) is 8.19. The van der Waals surface area contributed by atoms with E-state index in [1.165, 1.54) is 5.56 Å². The van der Waals surface area contributed by atoms with E-state index in [1.54, 1.807) is 0 Å². The van der Waals surface area contributed by atoms with Gasteiger partial charge in [-0.05, 0) is 65.5 Å². The smallest absolute Gasteiger partial charge is 0.0461 e. The third-order valence-electron chi connectivity index (χ3n) is 3.43. The number of anilines is 1. The number of halogens is 1. The van der Waals surface area contributed by atoms with Gasteiger partial charge in [-0.25, -0.2) is 0 Å². The summed E-state index contributed by atoms with van der Waals surface area (Å²) in [5, 5.41) is 9.09. The monoisotopic (exact) mass is 298 g/mol. The Morgan fingerprint density at radius 2 is 2.06 bits per heavy atom. The molecule has 1 aliphatic rings. The van der Waals surface area contributed by atoms with Gasteiger partial charge in [-0.15, -0.1) is 0 Å². The molecule has 0 aliphatic carbocycles. The lowest BCUT2D eigenvalue weighted by atomic mass is 9.97. The predicted molar refractivity (Wildman–Crippen MR) is 73.6 cm³/mol. The van der Waals surface area contributed by atoms with Crippen molar-refractivity contribution in [1.82, 2.24) is 4.90 Å². The Bertz CT molecular complexity index is 376. The molecule has 0 atom stereocenters. The minimum Gasteiger partial charge on any atom is -0.398 e. The van der Waals surface area contributed by atoms with Gasteiger partial charge in [0.05, 0.1) is 0 Å². The van der Waals surface area contributed by atoms with E-state index in [-0.39, 0.29) is 0 Å². The summed E-state index contributed by atoms with van der Waals surface area (Å²) in [4.78, 5) is 2.43. The number of hydrogen-bond acceptors (Lipinski definition) is 3. The van der Waals surface area contributed by atoms with Crippen molar-refractivity contribution in [3.05, 3.63) is 28.2 Å². The number of aliphatic hydroxyl groups excluding tert-OH is 1. The molecule has 0 saturated carbocycles. The summed E-state index contributed by atoms with van der Waals surface area (Å²) in [5.41, 5.74) is 7.93. The largest absolute Gasteiger partial charge is 0.398 e. The van der Waals surface area contributed by atoms with Crippen LogP contribution in [0, 0.1) is 5.92 Å². The second-order valence-electron chi connectivity index (χ2n) is 4.76. The minimum atomic E-state index is 0.332. The molecule has 4 heteroatoms. The maximum Gasteiger partial charge on any atom is 0.0461 e. The maximum absolute atomic E-state index is 9.09. The molecule has 17 heavy (non-hydrogen) atoms. The number of nitrogens with zero attached hydrogens (tertiary/aromatic N) is 1. The number of nitrogens with two attached hydrogens (primary N) is 1. The normalized spacial score (nSPS) is 18.5. The van der Waals surface area contributed by atoms with Crippen molar-refractivity contribution in [3.63, 3.8) is 0 Å². The number of nitrogen functional groups attached to an aromatic ring is 1. The van der Waals surface area contributed by atoms with Gasteiger partial charge in [0.15, 0.2) is 0 Å². The highest BCUT2D eigenvalue weighted by Gasteiger charge is 2.18. The lowest BCUT2D eigenvalue weighted by molar-refractivity contribution is 0.127. The minimum absolute atomic E-state index is 0.332. The van der Waals surface area contributed by atoms with Gasteiger partial charge in [-0.3, -0.25) is 4.90 Å². The Balaban J connectivity index is 1.91. The Labute approximate surface area is 111 Å². The van der Waals surface area contributed by atoms with Gasteiger partial charge in [0.25, 0.3) is 0 Å². The van der Waals surface area contributed by atoms with Crippen LogP contribution in [0.25, 0.3) is 0 Å². The molecule has 3 nitrogen and oxygen atoms in total. The van der Waals surface area contributed by atoms with Gasteiger partial charge in [-0.1, -0.05) is 6.07 Å². The molecule has 1 aromatic rings. The zero-order chi connectivity index (χ0) is 12.3. The van der Waals surface area contributed by atoms with E-state index in [0.717, 1.165) is 42.6 Å². The molecule has 1 heterocycles. The molecule has 0 aromatic heterocycles. The predicted octanol–water partition coefficient (Wildman–Crippen LogP) is 2.24. The Hall–Kier alpha value is -0.580. The summed E-state index contributed by atoms with van der Waals surface area (Å²) in [5.74, 6) is 0.501. The van der Waals surface area contributed by atoms with E-state index in [4.69, 9.17) is 10.8 Å². The molecule has 0 radical (unpaired) electrons. The molecule has 0 bridgehead atoms. The number of rotatable bonds is 3. The van der Waals surface area contributed by atoms with Gasteiger partial charge >= 0.3 is 0 Å². The van der Waals surface area contributed by atoms with Crippen molar-refractivity contribution in [2.24, 2.45) is 5.92 Å². The zero-order valence-corrected chi connectivity index (χ0v) is 11.5. The summed E-state index contributed by atoms with van der Waals surface area (Å²) in [7, 11) is 0. The van der Waals surface area contributed by atoms with Crippen LogP contribution in [-0.4, -0.2) is 29.7 Å². The molecule has 0 unspecified atom stereocenters. The summed E-state index contributed by atoms with van der Waals surface area (Å²) in [6.45, 7) is 3.43. The summed E-state index contributed by atoms with van der Waals surface area (Å²) in [6.07, 6.45) is 2.20. The number of likely N-dealkylation sites (tertiary alicyclic amines) is 1. The van der Waals surface area contributed by atoms with Crippen molar-refractivity contribution in [2.75, 3.05) is 25.4 Å². The molecule has 2 rings (SSSR count). The van der Waals surface area contributed by atoms with Gasteiger partial charge < -0.3 is 10.8 Å². The summed E-state index contributed by atoms with van der Waals surface area (Å²) >= 11 is 3.41. The number of benzene rings is 1. The van der Waals surface area contributed by atoms with Crippen LogP contribution in [0.4, 0.5) is 5.69 Å². The first kappa shape index (κ1) is 12.9. The van der Waals surface area contributed by atoms with Gasteiger partial charge in [0.1, 0.15) is 0 Å². The third kappa shape index (κ3) is 3.44. The SMILES string of the molecule is Nc1cc(CN2CCC(CO)CC2)ccc1Br. The Morgan fingerprint density at radius 3 is 2.65 bits per heavy atom. The molecule has 1 fully saturated rings. The van der Waals surface area contributed by atoms with E-state index >= 15 is 0 Å². The van der Waals surface area contributed by atoms with Crippen molar-refractivity contribution in [1.29, 1.82) is 0 Å². The fourth-order valence-electron chi connectivity index (χ4n) is 2.28. The Morgan fingerprint density at radius 1 is 1.35 bits per heavy atom. The van der Waals surface area contributed by atoms with E-state index in [1.807, 2.05) is 12.1 Å². The highest BCUT2D eigenvalue weighted by atomic mass is 79.9. The van der Waals surface area contributed by atoms with Crippen molar-refractivity contribution in [2.45, 2.75) is 19.4 Å². The van der Waals surface area contributed by atoms with Crippen LogP contribution in [0.1, 0.15) is 18.4 Å². The molecule has 0 spiro atoms. The fourth-order valence-corrected chi connectivity index (χ4v) is 2.52. The molecule has 1 aliphatic heterocycles. The highest BCUT2D eigenvalue weighted by Crippen LogP contribution is 2.23. The molecule has 1 aromatic carbocycles. The van der Waals surface area contributed by atoms with Crippen LogP contribution < -0.4 is 5.73 Å². The summed E-state index contributed by atoms with van der Waals surface area (Å²) in [6, 6.07) is 6.14. The van der Waals surface area contributed by atoms with Crippen molar-refractivity contribution in [3.8, 4) is 0 Å². The van der Waals surface area contributed by atoms with E-state index in [2.05, 4.69) is 26.9 Å². The number of hydrogen-bond donors (Lipinski definition) is 2. The standard InChI is InChI=1S/C13H19BrN2O/c14-12-2-1-11(7-13(12)15)8-16-5-3-10(9-17)4-6-16/h1-2,7,10,17H,3-6,8-9,15H2. The zero-order valence-electron chi connectivity index (χ0n) is 9.90. The molecule has 0 amide bonds. The second kappa shape index (κ2) is 5.85. The lowest BCUT2D eigenvalue weighted by Crippen LogP contribution is -2.34. The summed E-state index contributed by atoms with van der Waals surface area (Å²) < 4.78 is 0.959.